The molecule has 0 bridgehead atoms. The van der Waals surface area contributed by atoms with E-state index in [1.54, 1.807) is 11.3 Å². The highest BCUT2D eigenvalue weighted by atomic mass is 32.1. The van der Waals surface area contributed by atoms with Crippen LogP contribution in [0.4, 0.5) is 5.13 Å². The summed E-state index contributed by atoms with van der Waals surface area (Å²) >= 11 is 1.79. The number of hydrogen-bond acceptors (Lipinski definition) is 5. The first-order chi connectivity index (χ1) is 10.3. The van der Waals surface area contributed by atoms with Gasteiger partial charge in [0.25, 0.3) is 0 Å². The van der Waals surface area contributed by atoms with E-state index in [0.717, 1.165) is 37.9 Å². The van der Waals surface area contributed by atoms with E-state index < -0.39 is 0 Å². The highest BCUT2D eigenvalue weighted by Gasteiger charge is 2.13. The van der Waals surface area contributed by atoms with E-state index in [1.165, 1.54) is 37.0 Å². The Hall–Kier alpha value is -0.650. The molecule has 0 aliphatic heterocycles. The van der Waals surface area contributed by atoms with Crippen LogP contribution in [0, 0.1) is 0 Å². The van der Waals surface area contributed by atoms with Crippen molar-refractivity contribution in [3.8, 4) is 0 Å². The summed E-state index contributed by atoms with van der Waals surface area (Å²) in [5, 5.41) is 4.59. The van der Waals surface area contributed by atoms with Crippen LogP contribution in [0.2, 0.25) is 0 Å². The third-order valence-electron chi connectivity index (χ3n) is 4.06. The van der Waals surface area contributed by atoms with Crippen LogP contribution in [0.15, 0.2) is 6.20 Å². The van der Waals surface area contributed by atoms with Gasteiger partial charge in [0, 0.05) is 37.3 Å². The molecule has 1 N–H and O–H groups in total. The number of ether oxygens (including phenoxy) is 1. The molecule has 0 amide bonds. The predicted molar refractivity (Wildman–Crippen MR) is 90.2 cm³/mol. The third-order valence-corrected chi connectivity index (χ3v) is 5.12. The van der Waals surface area contributed by atoms with Gasteiger partial charge in [0.05, 0.1) is 12.7 Å². The fourth-order valence-corrected chi connectivity index (χ4v) is 3.77. The Morgan fingerprint density at radius 1 is 1.29 bits per heavy atom. The van der Waals surface area contributed by atoms with Crippen LogP contribution >= 0.6 is 11.3 Å². The van der Waals surface area contributed by atoms with Crippen LogP contribution in [0.1, 0.15) is 50.8 Å². The Labute approximate surface area is 132 Å². The molecule has 0 saturated heterocycles. The number of rotatable bonds is 9. The zero-order valence-electron chi connectivity index (χ0n) is 13.4. The first-order valence-electron chi connectivity index (χ1n) is 8.35. The second-order valence-electron chi connectivity index (χ2n) is 5.59. The molecule has 0 radical (unpaired) electrons. The maximum Gasteiger partial charge on any atom is 0.185 e. The van der Waals surface area contributed by atoms with Gasteiger partial charge in [-0.25, -0.2) is 4.98 Å². The third kappa shape index (κ3) is 5.57. The fraction of sp³-hybridized carbons (Fsp3) is 0.812. The normalized spacial score (nSPS) is 16.3. The van der Waals surface area contributed by atoms with E-state index in [-0.39, 0.29) is 0 Å². The number of nitrogens with one attached hydrogen (secondary N) is 1. The summed E-state index contributed by atoms with van der Waals surface area (Å²) in [5.41, 5.74) is 0. The highest BCUT2D eigenvalue weighted by Crippen LogP contribution is 2.22. The Morgan fingerprint density at radius 3 is 2.76 bits per heavy atom. The second-order valence-corrected chi connectivity index (χ2v) is 6.68. The van der Waals surface area contributed by atoms with Gasteiger partial charge in [-0.1, -0.05) is 19.3 Å². The zero-order chi connectivity index (χ0) is 14.9. The molecule has 4 nitrogen and oxygen atoms in total. The largest absolute Gasteiger partial charge is 0.377 e. The van der Waals surface area contributed by atoms with Crippen molar-refractivity contribution in [3.05, 3.63) is 11.1 Å². The molecule has 0 spiro atoms. The number of thiazole rings is 1. The van der Waals surface area contributed by atoms with Gasteiger partial charge in [-0.15, -0.1) is 11.3 Å². The molecule has 1 aliphatic rings. The van der Waals surface area contributed by atoms with E-state index in [1.807, 2.05) is 6.20 Å². The van der Waals surface area contributed by atoms with Crippen molar-refractivity contribution in [3.63, 3.8) is 0 Å². The molecule has 0 unspecified atom stereocenters. The van der Waals surface area contributed by atoms with Crippen LogP contribution in [0.5, 0.6) is 0 Å². The molecule has 1 fully saturated rings. The smallest absolute Gasteiger partial charge is 0.185 e. The van der Waals surface area contributed by atoms with Crippen LogP contribution in [0.3, 0.4) is 0 Å². The van der Waals surface area contributed by atoms with E-state index in [2.05, 4.69) is 29.0 Å². The quantitative estimate of drug-likeness (QED) is 0.709. The molecular formula is C16H29N3OS. The minimum Gasteiger partial charge on any atom is -0.377 e. The minimum absolute atomic E-state index is 0.512. The van der Waals surface area contributed by atoms with Gasteiger partial charge in [-0.2, -0.15) is 0 Å². The Balaban J connectivity index is 1.60. The number of aromatic nitrogens is 1. The van der Waals surface area contributed by atoms with Crippen molar-refractivity contribution in [1.29, 1.82) is 0 Å². The highest BCUT2D eigenvalue weighted by molar-refractivity contribution is 7.15. The van der Waals surface area contributed by atoms with Crippen molar-refractivity contribution in [1.82, 2.24) is 10.3 Å². The standard InChI is InChI=1S/C16H29N3OS/c1-3-19(4-2)16-18-13-15(21-16)12-17-10-11-20-14-8-6-5-7-9-14/h13-14,17H,3-12H2,1-2H3. The van der Waals surface area contributed by atoms with Crippen molar-refractivity contribution < 1.29 is 4.74 Å². The summed E-state index contributed by atoms with van der Waals surface area (Å²) in [5.74, 6) is 0. The fourth-order valence-electron chi connectivity index (χ4n) is 2.76. The second kappa shape index (κ2) is 9.38. The van der Waals surface area contributed by atoms with E-state index in [9.17, 15) is 0 Å². The van der Waals surface area contributed by atoms with E-state index in [4.69, 9.17) is 4.74 Å². The molecule has 2 rings (SSSR count). The van der Waals surface area contributed by atoms with Crippen molar-refractivity contribution in [2.45, 2.75) is 58.6 Å². The average molecular weight is 311 g/mol. The van der Waals surface area contributed by atoms with Crippen LogP contribution < -0.4 is 10.2 Å². The van der Waals surface area contributed by atoms with Gasteiger partial charge in [-0.3, -0.25) is 0 Å². The molecular weight excluding hydrogens is 282 g/mol. The van der Waals surface area contributed by atoms with Gasteiger partial charge in [0.1, 0.15) is 0 Å². The molecule has 1 saturated carbocycles. The van der Waals surface area contributed by atoms with Crippen LogP contribution in [-0.2, 0) is 11.3 Å². The maximum absolute atomic E-state index is 5.92. The Morgan fingerprint density at radius 2 is 2.05 bits per heavy atom. The summed E-state index contributed by atoms with van der Waals surface area (Å²) in [6, 6.07) is 0. The lowest BCUT2D eigenvalue weighted by Crippen LogP contribution is -2.24. The summed E-state index contributed by atoms with van der Waals surface area (Å²) in [4.78, 5) is 8.10. The minimum atomic E-state index is 0.512. The van der Waals surface area contributed by atoms with E-state index >= 15 is 0 Å². The first-order valence-corrected chi connectivity index (χ1v) is 9.17. The molecule has 0 atom stereocenters. The number of hydrogen-bond donors (Lipinski definition) is 1. The van der Waals surface area contributed by atoms with Gasteiger partial charge < -0.3 is 15.0 Å². The lowest BCUT2D eigenvalue weighted by atomic mass is 9.98. The van der Waals surface area contributed by atoms with Gasteiger partial charge in [0.15, 0.2) is 5.13 Å². The summed E-state index contributed by atoms with van der Waals surface area (Å²) in [6.07, 6.45) is 9.08. The van der Waals surface area contributed by atoms with E-state index in [0.29, 0.717) is 6.10 Å². The lowest BCUT2D eigenvalue weighted by molar-refractivity contribution is 0.0302. The average Bonchev–Trinajstić information content (AvgIpc) is 2.98. The molecule has 21 heavy (non-hydrogen) atoms. The molecule has 1 aromatic heterocycles. The first kappa shape index (κ1) is 16.7. The molecule has 0 aromatic carbocycles. The zero-order valence-corrected chi connectivity index (χ0v) is 14.3. The van der Waals surface area contributed by atoms with Crippen LogP contribution in [-0.4, -0.2) is 37.3 Å². The molecule has 120 valence electrons. The van der Waals surface area contributed by atoms with Crippen molar-refractivity contribution in [2.75, 3.05) is 31.1 Å². The molecule has 1 aliphatic carbocycles. The lowest BCUT2D eigenvalue weighted by Gasteiger charge is -2.21. The summed E-state index contributed by atoms with van der Waals surface area (Å²) in [6.45, 7) is 9.03. The van der Waals surface area contributed by atoms with Gasteiger partial charge in [0.2, 0.25) is 0 Å². The molecule has 5 heteroatoms. The molecule has 1 heterocycles. The van der Waals surface area contributed by atoms with Gasteiger partial charge >= 0.3 is 0 Å². The van der Waals surface area contributed by atoms with Gasteiger partial charge in [-0.05, 0) is 26.7 Å². The summed E-state index contributed by atoms with van der Waals surface area (Å²) in [7, 11) is 0. The maximum atomic E-state index is 5.92. The number of anilines is 1. The Kier molecular flexibility index (Phi) is 7.47. The topological polar surface area (TPSA) is 37.4 Å². The monoisotopic (exact) mass is 311 g/mol. The predicted octanol–water partition coefficient (Wildman–Crippen LogP) is 3.43. The Bertz CT molecular complexity index is 387. The van der Waals surface area contributed by atoms with Crippen LogP contribution in [0.25, 0.3) is 0 Å². The molecule has 1 aromatic rings. The van der Waals surface area contributed by atoms with Crippen molar-refractivity contribution in [2.24, 2.45) is 0 Å². The number of nitrogens with zero attached hydrogens (tertiary/aromatic N) is 2. The van der Waals surface area contributed by atoms with Crippen molar-refractivity contribution >= 4 is 16.5 Å². The SMILES string of the molecule is CCN(CC)c1ncc(CNCCOC2CCCCC2)s1. The summed E-state index contributed by atoms with van der Waals surface area (Å²) < 4.78 is 5.92.